The molecule has 0 atom stereocenters. The van der Waals surface area contributed by atoms with Crippen molar-refractivity contribution >= 4 is 51.7 Å². The molecule has 206 valence electrons. The van der Waals surface area contributed by atoms with Crippen molar-refractivity contribution in [3.63, 3.8) is 0 Å². The Bertz CT molecular complexity index is 1590. The van der Waals surface area contributed by atoms with Gasteiger partial charge in [-0.05, 0) is 66.2 Å². The molecular formula is C32H27BrN4O4. The number of halogens is 1. The first-order valence-corrected chi connectivity index (χ1v) is 13.3. The number of nitrogens with one attached hydrogen (secondary N) is 2. The fourth-order valence-corrected chi connectivity index (χ4v) is 4.02. The number of esters is 1. The summed E-state index contributed by atoms with van der Waals surface area (Å²) < 4.78 is 6.29. The lowest BCUT2D eigenvalue weighted by Crippen LogP contribution is -2.32. The fraction of sp³-hybridized carbons (Fsp3) is 0.0625. The van der Waals surface area contributed by atoms with E-state index >= 15 is 0 Å². The highest BCUT2D eigenvalue weighted by atomic mass is 79.9. The van der Waals surface area contributed by atoms with Gasteiger partial charge in [0.25, 0.3) is 11.8 Å². The topological polar surface area (TPSA) is 100 Å². The molecule has 9 heteroatoms. The predicted molar refractivity (Wildman–Crippen MR) is 164 cm³/mol. The van der Waals surface area contributed by atoms with Crippen molar-refractivity contribution < 1.29 is 19.1 Å². The lowest BCUT2D eigenvalue weighted by atomic mass is 10.1. The number of rotatable bonds is 9. The average Bonchev–Trinajstić information content (AvgIpc) is 2.99. The van der Waals surface area contributed by atoms with Crippen molar-refractivity contribution in [2.45, 2.75) is 0 Å². The van der Waals surface area contributed by atoms with Crippen LogP contribution in [0.3, 0.4) is 0 Å². The van der Waals surface area contributed by atoms with Gasteiger partial charge in [0, 0.05) is 35.4 Å². The second-order valence-electron chi connectivity index (χ2n) is 9.00. The maximum Gasteiger partial charge on any atom is 0.343 e. The summed E-state index contributed by atoms with van der Waals surface area (Å²) in [5, 5.41) is 6.75. The summed E-state index contributed by atoms with van der Waals surface area (Å²) in [5.74, 6) is -1.35. The molecule has 0 bridgehead atoms. The predicted octanol–water partition coefficient (Wildman–Crippen LogP) is 5.66. The van der Waals surface area contributed by atoms with E-state index in [1.165, 1.54) is 6.21 Å². The van der Waals surface area contributed by atoms with E-state index in [9.17, 15) is 14.4 Å². The van der Waals surface area contributed by atoms with E-state index in [1.54, 1.807) is 84.9 Å². The number of ether oxygens (including phenoxy) is 1. The molecular weight excluding hydrogens is 584 g/mol. The molecule has 0 heterocycles. The maximum atomic E-state index is 13.2. The summed E-state index contributed by atoms with van der Waals surface area (Å²) in [6.07, 6.45) is 2.93. The number of carbonyl (C=O) groups is 3. The van der Waals surface area contributed by atoms with Gasteiger partial charge in [0.2, 0.25) is 0 Å². The first kappa shape index (κ1) is 29.0. The molecule has 0 fully saturated rings. The molecule has 2 N–H and O–H groups in total. The van der Waals surface area contributed by atoms with Gasteiger partial charge >= 0.3 is 5.97 Å². The molecule has 0 saturated heterocycles. The number of hydrazone groups is 1. The highest BCUT2D eigenvalue weighted by Gasteiger charge is 2.15. The van der Waals surface area contributed by atoms with Crippen LogP contribution in [-0.4, -0.2) is 38.1 Å². The smallest absolute Gasteiger partial charge is 0.343 e. The monoisotopic (exact) mass is 610 g/mol. The van der Waals surface area contributed by atoms with Gasteiger partial charge in [-0.15, -0.1) is 0 Å². The summed E-state index contributed by atoms with van der Waals surface area (Å²) in [6.45, 7) is 0. The quantitative estimate of drug-likeness (QED) is 0.0838. The van der Waals surface area contributed by atoms with Crippen LogP contribution in [0.5, 0.6) is 5.75 Å². The number of benzene rings is 4. The lowest BCUT2D eigenvalue weighted by molar-refractivity contribution is -0.117. The summed E-state index contributed by atoms with van der Waals surface area (Å²) >= 11 is 3.40. The average molecular weight is 611 g/mol. The van der Waals surface area contributed by atoms with E-state index in [-0.39, 0.29) is 11.4 Å². The maximum absolute atomic E-state index is 13.2. The van der Waals surface area contributed by atoms with Crippen LogP contribution in [0.4, 0.5) is 5.69 Å². The fourth-order valence-electron chi connectivity index (χ4n) is 3.64. The minimum Gasteiger partial charge on any atom is -0.422 e. The number of hydrogen-bond acceptors (Lipinski definition) is 6. The summed E-state index contributed by atoms with van der Waals surface area (Å²) in [6, 6.07) is 29.7. The Morgan fingerprint density at radius 2 is 1.46 bits per heavy atom. The summed E-state index contributed by atoms with van der Waals surface area (Å²) in [7, 11) is 3.86. The van der Waals surface area contributed by atoms with E-state index in [4.69, 9.17) is 4.74 Å². The van der Waals surface area contributed by atoms with Gasteiger partial charge < -0.3 is 15.0 Å². The Hall–Kier alpha value is -5.02. The van der Waals surface area contributed by atoms with Gasteiger partial charge in [0.15, 0.2) is 0 Å². The number of anilines is 1. The normalized spacial score (nSPS) is 11.1. The van der Waals surface area contributed by atoms with Crippen molar-refractivity contribution in [3.05, 3.63) is 136 Å². The van der Waals surface area contributed by atoms with E-state index in [0.29, 0.717) is 22.3 Å². The van der Waals surface area contributed by atoms with Crippen molar-refractivity contribution in [2.75, 3.05) is 19.0 Å². The van der Waals surface area contributed by atoms with Gasteiger partial charge in [-0.2, -0.15) is 5.10 Å². The van der Waals surface area contributed by atoms with Gasteiger partial charge in [-0.3, -0.25) is 9.59 Å². The molecule has 0 aliphatic heterocycles. The molecule has 2 amide bonds. The third-order valence-corrected chi connectivity index (χ3v) is 6.30. The van der Waals surface area contributed by atoms with Gasteiger partial charge in [-0.1, -0.05) is 64.5 Å². The lowest BCUT2D eigenvalue weighted by Gasteiger charge is -2.13. The molecule has 0 aromatic heterocycles. The second kappa shape index (κ2) is 13.9. The zero-order valence-electron chi connectivity index (χ0n) is 22.4. The molecule has 0 aliphatic carbocycles. The van der Waals surface area contributed by atoms with Crippen LogP contribution >= 0.6 is 15.9 Å². The largest absolute Gasteiger partial charge is 0.422 e. The Morgan fingerprint density at radius 1 is 0.829 bits per heavy atom. The minimum atomic E-state index is -0.639. The zero-order valence-corrected chi connectivity index (χ0v) is 24.0. The highest BCUT2D eigenvalue weighted by Crippen LogP contribution is 2.23. The van der Waals surface area contributed by atoms with Crippen molar-refractivity contribution in [1.29, 1.82) is 0 Å². The Kier molecular flexibility index (Phi) is 9.80. The van der Waals surface area contributed by atoms with Gasteiger partial charge in [0.1, 0.15) is 11.4 Å². The van der Waals surface area contributed by atoms with Crippen LogP contribution < -0.4 is 20.4 Å². The Balaban J connectivity index is 1.54. The molecule has 8 nitrogen and oxygen atoms in total. The zero-order chi connectivity index (χ0) is 29.2. The third kappa shape index (κ3) is 8.23. The van der Waals surface area contributed by atoms with Crippen molar-refractivity contribution in [2.24, 2.45) is 5.10 Å². The molecule has 41 heavy (non-hydrogen) atoms. The van der Waals surface area contributed by atoms with Crippen LogP contribution in [0.2, 0.25) is 0 Å². The van der Waals surface area contributed by atoms with E-state index in [1.807, 2.05) is 43.3 Å². The van der Waals surface area contributed by atoms with Crippen molar-refractivity contribution in [1.82, 2.24) is 10.7 Å². The van der Waals surface area contributed by atoms with E-state index in [0.717, 1.165) is 10.2 Å². The molecule has 0 unspecified atom stereocenters. The van der Waals surface area contributed by atoms with Crippen LogP contribution in [0.25, 0.3) is 6.08 Å². The Labute approximate surface area is 246 Å². The highest BCUT2D eigenvalue weighted by molar-refractivity contribution is 9.10. The van der Waals surface area contributed by atoms with E-state index < -0.39 is 17.8 Å². The molecule has 0 aliphatic rings. The van der Waals surface area contributed by atoms with Crippen molar-refractivity contribution in [3.8, 4) is 5.75 Å². The molecule has 0 saturated carbocycles. The summed E-state index contributed by atoms with van der Waals surface area (Å²) in [4.78, 5) is 40.6. The third-order valence-electron chi connectivity index (χ3n) is 5.80. The van der Waals surface area contributed by atoms with E-state index in [2.05, 4.69) is 31.8 Å². The molecule has 4 aromatic carbocycles. The number of hydrogen-bond donors (Lipinski definition) is 2. The van der Waals surface area contributed by atoms with Crippen LogP contribution in [-0.2, 0) is 4.79 Å². The first-order chi connectivity index (χ1) is 19.8. The van der Waals surface area contributed by atoms with Crippen LogP contribution in [0, 0.1) is 0 Å². The summed E-state index contributed by atoms with van der Waals surface area (Å²) in [5.41, 5.74) is 5.39. The Morgan fingerprint density at radius 3 is 2.10 bits per heavy atom. The number of amides is 2. The molecule has 0 spiro atoms. The number of nitrogens with zero attached hydrogens (tertiary/aromatic N) is 2. The molecule has 4 aromatic rings. The number of carbonyl (C=O) groups excluding carboxylic acids is 3. The van der Waals surface area contributed by atoms with Gasteiger partial charge in [-0.25, -0.2) is 10.2 Å². The second-order valence-corrected chi connectivity index (χ2v) is 9.92. The van der Waals surface area contributed by atoms with Gasteiger partial charge in [0.05, 0.1) is 11.8 Å². The van der Waals surface area contributed by atoms with Crippen LogP contribution in [0.1, 0.15) is 31.8 Å². The SMILES string of the molecule is CN(C)c1ccc(/C=C(/NC(=O)c2ccccc2)C(=O)N/N=C\c2cc(Br)ccc2OC(=O)c2ccccc2)cc1. The minimum absolute atomic E-state index is 0.00132. The molecule has 0 radical (unpaired) electrons. The molecule has 4 rings (SSSR count). The van der Waals surface area contributed by atoms with Crippen LogP contribution in [0.15, 0.2) is 118 Å². The first-order valence-electron chi connectivity index (χ1n) is 12.6. The standard InChI is InChI=1S/C32H27BrN4O4/c1-37(2)27-16-13-22(14-17-27)19-28(35-30(38)23-9-5-3-6-10-23)31(39)36-34-21-25-20-26(33)15-18-29(25)41-32(40)24-11-7-4-8-12-24/h3-21H,1-2H3,(H,35,38)(H,36,39)/b28-19+,34-21-.